The molecule has 1 amide bonds. The Morgan fingerprint density at radius 2 is 2.16 bits per heavy atom. The number of aromatic nitrogens is 3. The van der Waals surface area contributed by atoms with E-state index in [1.54, 1.807) is 13.2 Å². The highest BCUT2D eigenvalue weighted by molar-refractivity contribution is 7.99. The molecule has 31 heavy (non-hydrogen) atoms. The van der Waals surface area contributed by atoms with E-state index in [-0.39, 0.29) is 28.1 Å². The maximum Gasteiger partial charge on any atom is 0.271 e. The van der Waals surface area contributed by atoms with Crippen molar-refractivity contribution < 1.29 is 14.5 Å². The predicted molar refractivity (Wildman–Crippen MR) is 120 cm³/mol. The minimum Gasteiger partial charge on any atom is -0.497 e. The number of benzene rings is 2. The third-order valence-electron chi connectivity index (χ3n) is 4.12. The lowest BCUT2D eigenvalue weighted by molar-refractivity contribution is -0.384. The Hall–Kier alpha value is -3.37. The average molecular weight is 460 g/mol. The second kappa shape index (κ2) is 10.1. The number of hydrogen-bond acceptors (Lipinski definition) is 7. The first-order chi connectivity index (χ1) is 14.9. The molecule has 0 aliphatic carbocycles. The number of nitro groups is 1. The fourth-order valence-electron chi connectivity index (χ4n) is 2.70. The number of nitro benzene ring substituents is 1. The zero-order valence-corrected chi connectivity index (χ0v) is 18.0. The van der Waals surface area contributed by atoms with Gasteiger partial charge >= 0.3 is 0 Å². The van der Waals surface area contributed by atoms with Crippen LogP contribution >= 0.6 is 23.4 Å². The minimum absolute atomic E-state index is 0.00636. The number of thioether (sulfide) groups is 1. The van der Waals surface area contributed by atoms with E-state index < -0.39 is 4.92 Å². The van der Waals surface area contributed by atoms with E-state index in [1.165, 1.54) is 30.0 Å². The number of halogens is 1. The predicted octanol–water partition coefficient (Wildman–Crippen LogP) is 4.43. The standard InChI is InChI=1S/C20H18ClN5O4S/c1-3-9-25-19(13-5-4-6-15(10-13)30-2)23-24-20(25)31-12-18(27)22-17-11-14(26(28)29)7-8-16(17)21/h3-8,10-11H,1,9,12H2,2H3,(H,22,27). The number of non-ortho nitro benzene ring substituents is 1. The van der Waals surface area contributed by atoms with Gasteiger partial charge in [-0.05, 0) is 18.2 Å². The van der Waals surface area contributed by atoms with Crippen LogP contribution < -0.4 is 10.1 Å². The van der Waals surface area contributed by atoms with Crippen LogP contribution in [-0.4, -0.2) is 38.5 Å². The molecule has 0 fully saturated rings. The molecular weight excluding hydrogens is 442 g/mol. The quantitative estimate of drug-likeness (QED) is 0.218. The summed E-state index contributed by atoms with van der Waals surface area (Å²) in [4.78, 5) is 22.8. The van der Waals surface area contributed by atoms with E-state index in [4.69, 9.17) is 16.3 Å². The molecule has 9 nitrogen and oxygen atoms in total. The van der Waals surface area contributed by atoms with Crippen molar-refractivity contribution in [2.45, 2.75) is 11.7 Å². The molecule has 160 valence electrons. The lowest BCUT2D eigenvalue weighted by Crippen LogP contribution is -2.15. The Morgan fingerprint density at radius 3 is 2.87 bits per heavy atom. The number of allylic oxidation sites excluding steroid dienone is 1. The Bertz CT molecular complexity index is 1130. The topological polar surface area (TPSA) is 112 Å². The molecule has 0 atom stereocenters. The highest BCUT2D eigenvalue weighted by Gasteiger charge is 2.17. The van der Waals surface area contributed by atoms with Crippen molar-refractivity contribution in [3.8, 4) is 17.1 Å². The van der Waals surface area contributed by atoms with Crippen molar-refractivity contribution in [2.24, 2.45) is 0 Å². The summed E-state index contributed by atoms with van der Waals surface area (Å²) in [5.74, 6) is 0.923. The first kappa shape index (κ1) is 22.3. The van der Waals surface area contributed by atoms with Gasteiger partial charge in [0.1, 0.15) is 5.75 Å². The number of rotatable bonds is 9. The summed E-state index contributed by atoms with van der Waals surface area (Å²) in [6, 6.07) is 11.3. The summed E-state index contributed by atoms with van der Waals surface area (Å²) in [6.07, 6.45) is 1.71. The largest absolute Gasteiger partial charge is 0.497 e. The average Bonchev–Trinajstić information content (AvgIpc) is 3.16. The van der Waals surface area contributed by atoms with Crippen LogP contribution in [0.15, 0.2) is 60.3 Å². The van der Waals surface area contributed by atoms with Gasteiger partial charge in [-0.3, -0.25) is 19.5 Å². The van der Waals surface area contributed by atoms with Crippen molar-refractivity contribution in [3.05, 3.63) is 70.3 Å². The number of methoxy groups -OCH3 is 1. The Morgan fingerprint density at radius 1 is 1.35 bits per heavy atom. The van der Waals surface area contributed by atoms with Gasteiger partial charge in [0.25, 0.3) is 5.69 Å². The number of hydrogen-bond donors (Lipinski definition) is 1. The second-order valence-corrected chi connectivity index (χ2v) is 7.55. The number of carbonyl (C=O) groups is 1. The molecule has 2 aromatic carbocycles. The molecule has 0 saturated carbocycles. The first-order valence-corrected chi connectivity index (χ1v) is 10.3. The summed E-state index contributed by atoms with van der Waals surface area (Å²) in [7, 11) is 1.58. The van der Waals surface area contributed by atoms with Crippen LogP contribution in [0.2, 0.25) is 5.02 Å². The molecule has 11 heteroatoms. The van der Waals surface area contributed by atoms with Crippen LogP contribution in [-0.2, 0) is 11.3 Å². The van der Waals surface area contributed by atoms with Crippen LogP contribution in [0, 0.1) is 10.1 Å². The SMILES string of the molecule is C=CCn1c(SCC(=O)Nc2cc([N+](=O)[O-])ccc2Cl)nnc1-c1cccc(OC)c1. The number of nitrogens with one attached hydrogen (secondary N) is 1. The van der Waals surface area contributed by atoms with Crippen LogP contribution in [0.3, 0.4) is 0 Å². The van der Waals surface area contributed by atoms with E-state index in [1.807, 2.05) is 28.8 Å². The van der Waals surface area contributed by atoms with Crippen LogP contribution in [0.1, 0.15) is 0 Å². The number of ether oxygens (including phenoxy) is 1. The maximum absolute atomic E-state index is 12.4. The van der Waals surface area contributed by atoms with Gasteiger partial charge in [0.15, 0.2) is 11.0 Å². The lowest BCUT2D eigenvalue weighted by Gasteiger charge is -2.09. The lowest BCUT2D eigenvalue weighted by atomic mass is 10.2. The van der Waals surface area contributed by atoms with E-state index >= 15 is 0 Å². The molecule has 1 heterocycles. The maximum atomic E-state index is 12.4. The summed E-state index contributed by atoms with van der Waals surface area (Å²) in [5.41, 5.74) is 0.820. The first-order valence-electron chi connectivity index (χ1n) is 8.98. The van der Waals surface area contributed by atoms with E-state index in [9.17, 15) is 14.9 Å². The van der Waals surface area contributed by atoms with Crippen molar-refractivity contribution >= 4 is 40.6 Å². The van der Waals surface area contributed by atoms with E-state index in [0.717, 1.165) is 5.56 Å². The molecule has 0 unspecified atom stereocenters. The molecule has 0 bridgehead atoms. The van der Waals surface area contributed by atoms with Crippen molar-refractivity contribution in [1.82, 2.24) is 14.8 Å². The summed E-state index contributed by atoms with van der Waals surface area (Å²) < 4.78 is 7.10. The molecule has 3 aromatic rings. The van der Waals surface area contributed by atoms with Crippen LogP contribution in [0.4, 0.5) is 11.4 Å². The molecule has 3 rings (SSSR count). The Kier molecular flexibility index (Phi) is 7.27. The highest BCUT2D eigenvalue weighted by Crippen LogP contribution is 2.29. The number of amides is 1. The van der Waals surface area contributed by atoms with E-state index in [0.29, 0.717) is 23.3 Å². The molecular formula is C20H18ClN5O4S. The second-order valence-electron chi connectivity index (χ2n) is 6.20. The molecule has 0 saturated heterocycles. The summed E-state index contributed by atoms with van der Waals surface area (Å²) in [6.45, 7) is 4.21. The van der Waals surface area contributed by atoms with Gasteiger partial charge in [0.05, 0.1) is 28.5 Å². The molecule has 1 aromatic heterocycles. The van der Waals surface area contributed by atoms with Crippen molar-refractivity contribution in [2.75, 3.05) is 18.2 Å². The number of nitrogens with zero attached hydrogens (tertiary/aromatic N) is 4. The van der Waals surface area contributed by atoms with Crippen LogP contribution in [0.25, 0.3) is 11.4 Å². The summed E-state index contributed by atoms with van der Waals surface area (Å²) in [5, 5.41) is 22.7. The molecule has 0 aliphatic rings. The van der Waals surface area contributed by atoms with Crippen LogP contribution in [0.5, 0.6) is 5.75 Å². The van der Waals surface area contributed by atoms with Crippen molar-refractivity contribution in [1.29, 1.82) is 0 Å². The van der Waals surface area contributed by atoms with Gasteiger partial charge in [0.2, 0.25) is 5.91 Å². The van der Waals surface area contributed by atoms with Gasteiger partial charge in [-0.25, -0.2) is 0 Å². The number of carbonyl (C=O) groups excluding carboxylic acids is 1. The molecule has 1 N–H and O–H groups in total. The molecule has 0 spiro atoms. The fraction of sp³-hybridized carbons (Fsp3) is 0.150. The fourth-order valence-corrected chi connectivity index (χ4v) is 3.62. The monoisotopic (exact) mass is 459 g/mol. The van der Waals surface area contributed by atoms with Crippen molar-refractivity contribution in [3.63, 3.8) is 0 Å². The zero-order valence-electron chi connectivity index (χ0n) is 16.4. The zero-order chi connectivity index (χ0) is 22.4. The normalized spacial score (nSPS) is 10.5. The van der Waals surface area contributed by atoms with Gasteiger partial charge in [-0.1, -0.05) is 41.6 Å². The van der Waals surface area contributed by atoms with Gasteiger partial charge in [0, 0.05) is 24.2 Å². The third-order valence-corrected chi connectivity index (χ3v) is 5.42. The number of anilines is 1. The van der Waals surface area contributed by atoms with Gasteiger partial charge in [-0.2, -0.15) is 0 Å². The van der Waals surface area contributed by atoms with E-state index in [2.05, 4.69) is 22.1 Å². The third kappa shape index (κ3) is 5.41. The highest BCUT2D eigenvalue weighted by atomic mass is 35.5. The Balaban J connectivity index is 1.75. The minimum atomic E-state index is -0.557. The van der Waals surface area contributed by atoms with Gasteiger partial charge in [-0.15, -0.1) is 16.8 Å². The smallest absolute Gasteiger partial charge is 0.271 e. The molecule has 0 radical (unpaired) electrons. The van der Waals surface area contributed by atoms with Gasteiger partial charge < -0.3 is 10.1 Å². The Labute approximate surface area is 187 Å². The molecule has 0 aliphatic heterocycles. The summed E-state index contributed by atoms with van der Waals surface area (Å²) >= 11 is 7.21.